The van der Waals surface area contributed by atoms with Crippen LogP contribution in [0.2, 0.25) is 0 Å². The highest BCUT2D eigenvalue weighted by Crippen LogP contribution is 2.32. The minimum atomic E-state index is -3.58. The summed E-state index contributed by atoms with van der Waals surface area (Å²) in [7, 11) is -3.58. The van der Waals surface area contributed by atoms with Crippen molar-refractivity contribution in [1.29, 1.82) is 0 Å². The van der Waals surface area contributed by atoms with Gasteiger partial charge in [-0.2, -0.15) is 0 Å². The molecular weight excluding hydrogens is 390 g/mol. The Labute approximate surface area is 172 Å². The van der Waals surface area contributed by atoms with Gasteiger partial charge in [-0.25, -0.2) is 13.1 Å². The maximum Gasteiger partial charge on any atom is 0.240 e. The third-order valence-electron chi connectivity index (χ3n) is 5.45. The van der Waals surface area contributed by atoms with Crippen molar-refractivity contribution in [3.05, 3.63) is 42.2 Å². The fraction of sp³-hybridized carbons (Fsp3) is 0.476. The molecule has 1 saturated heterocycles. The number of nitrogens with one attached hydrogen (secondary N) is 1. The molecule has 2 aliphatic heterocycles. The molecule has 1 fully saturated rings. The third-order valence-corrected chi connectivity index (χ3v) is 6.87. The Bertz CT molecular complexity index is 956. The summed E-state index contributed by atoms with van der Waals surface area (Å²) in [6.07, 6.45) is 4.52. The predicted molar refractivity (Wildman–Crippen MR) is 111 cm³/mol. The van der Waals surface area contributed by atoms with Gasteiger partial charge in [0, 0.05) is 49.7 Å². The van der Waals surface area contributed by atoms with Gasteiger partial charge in [0.15, 0.2) is 11.5 Å². The van der Waals surface area contributed by atoms with Crippen LogP contribution < -0.4 is 19.1 Å². The molecule has 1 aromatic heterocycles. The summed E-state index contributed by atoms with van der Waals surface area (Å²) >= 11 is 0. The van der Waals surface area contributed by atoms with Crippen LogP contribution in [0, 0.1) is 12.8 Å². The Balaban J connectivity index is 1.34. The van der Waals surface area contributed by atoms with Gasteiger partial charge in [0.05, 0.1) is 18.1 Å². The van der Waals surface area contributed by atoms with Gasteiger partial charge in [-0.15, -0.1) is 0 Å². The summed E-state index contributed by atoms with van der Waals surface area (Å²) in [4.78, 5) is 6.80. The zero-order valence-corrected chi connectivity index (χ0v) is 17.5. The summed E-state index contributed by atoms with van der Waals surface area (Å²) in [5, 5.41) is 0. The van der Waals surface area contributed by atoms with Gasteiger partial charge >= 0.3 is 0 Å². The van der Waals surface area contributed by atoms with Crippen molar-refractivity contribution < 1.29 is 17.9 Å². The molecule has 2 aliphatic rings. The second kappa shape index (κ2) is 8.59. The first-order chi connectivity index (χ1) is 14.0. The highest BCUT2D eigenvalue weighted by Gasteiger charge is 2.23. The molecule has 1 N–H and O–H groups in total. The van der Waals surface area contributed by atoms with Crippen LogP contribution in [0.25, 0.3) is 0 Å². The Morgan fingerprint density at radius 2 is 1.86 bits per heavy atom. The van der Waals surface area contributed by atoms with Crippen LogP contribution in [-0.2, 0) is 10.0 Å². The Morgan fingerprint density at radius 1 is 1.10 bits per heavy atom. The average Bonchev–Trinajstić information content (AvgIpc) is 2.97. The maximum absolute atomic E-state index is 12.7. The largest absolute Gasteiger partial charge is 0.490 e. The lowest BCUT2D eigenvalue weighted by Gasteiger charge is -2.33. The molecule has 1 aromatic carbocycles. The molecule has 156 valence electrons. The lowest BCUT2D eigenvalue weighted by molar-refractivity contribution is 0.297. The highest BCUT2D eigenvalue weighted by molar-refractivity contribution is 7.89. The number of benzene rings is 1. The number of nitrogens with zero attached hydrogens (tertiary/aromatic N) is 2. The number of aromatic nitrogens is 1. The number of sulfonamides is 1. The van der Waals surface area contributed by atoms with Crippen LogP contribution >= 0.6 is 0 Å². The van der Waals surface area contributed by atoms with E-state index in [0.29, 0.717) is 37.2 Å². The van der Waals surface area contributed by atoms with E-state index in [1.807, 2.05) is 19.2 Å². The van der Waals surface area contributed by atoms with Crippen LogP contribution in [-0.4, -0.2) is 46.2 Å². The Hall–Kier alpha value is -2.32. The number of pyridine rings is 1. The van der Waals surface area contributed by atoms with Crippen molar-refractivity contribution in [2.45, 2.75) is 31.1 Å². The zero-order valence-electron chi connectivity index (χ0n) is 16.6. The molecule has 0 spiro atoms. The quantitative estimate of drug-likeness (QED) is 0.806. The van der Waals surface area contributed by atoms with E-state index in [1.54, 1.807) is 18.2 Å². The highest BCUT2D eigenvalue weighted by atomic mass is 32.2. The van der Waals surface area contributed by atoms with E-state index in [0.717, 1.165) is 38.0 Å². The smallest absolute Gasteiger partial charge is 0.240 e. The molecule has 0 aliphatic carbocycles. The first-order valence-electron chi connectivity index (χ1n) is 10.1. The molecule has 4 rings (SSSR count). The van der Waals surface area contributed by atoms with Crippen molar-refractivity contribution in [3.8, 4) is 11.5 Å². The van der Waals surface area contributed by atoms with Gasteiger partial charge in [-0.05, 0) is 49.9 Å². The number of hydrogen-bond donors (Lipinski definition) is 1. The number of piperidine rings is 1. The number of fused-ring (bicyclic) bond motifs is 1. The van der Waals surface area contributed by atoms with Crippen molar-refractivity contribution in [2.75, 3.05) is 37.7 Å². The third kappa shape index (κ3) is 4.82. The summed E-state index contributed by atoms with van der Waals surface area (Å²) in [5.41, 5.74) is 2.19. The van der Waals surface area contributed by atoms with Crippen molar-refractivity contribution in [3.63, 3.8) is 0 Å². The van der Waals surface area contributed by atoms with Crippen LogP contribution in [0.4, 0.5) is 5.69 Å². The van der Waals surface area contributed by atoms with Crippen LogP contribution in [0.1, 0.15) is 25.0 Å². The second-order valence-corrected chi connectivity index (χ2v) is 9.36. The van der Waals surface area contributed by atoms with Crippen molar-refractivity contribution >= 4 is 15.7 Å². The van der Waals surface area contributed by atoms with E-state index >= 15 is 0 Å². The first kappa shape index (κ1) is 20.0. The molecule has 7 nitrogen and oxygen atoms in total. The fourth-order valence-electron chi connectivity index (χ4n) is 3.74. The van der Waals surface area contributed by atoms with Gasteiger partial charge in [0.1, 0.15) is 0 Å². The molecule has 29 heavy (non-hydrogen) atoms. The number of hydrogen-bond acceptors (Lipinski definition) is 6. The lowest BCUT2D eigenvalue weighted by atomic mass is 9.97. The molecular formula is C21H27N3O4S. The predicted octanol–water partition coefficient (Wildman–Crippen LogP) is 2.75. The summed E-state index contributed by atoms with van der Waals surface area (Å²) in [5.74, 6) is 1.41. The molecule has 0 atom stereocenters. The van der Waals surface area contributed by atoms with Gasteiger partial charge in [0.25, 0.3) is 0 Å². The summed E-state index contributed by atoms with van der Waals surface area (Å²) in [6.45, 7) is 5.37. The first-order valence-corrected chi connectivity index (χ1v) is 11.6. The summed E-state index contributed by atoms with van der Waals surface area (Å²) < 4.78 is 39.5. The minimum Gasteiger partial charge on any atom is -0.490 e. The normalized spacial score (nSPS) is 17.8. The zero-order chi connectivity index (χ0) is 20.3. The van der Waals surface area contributed by atoms with E-state index in [9.17, 15) is 8.42 Å². The average molecular weight is 418 g/mol. The van der Waals surface area contributed by atoms with Crippen molar-refractivity contribution in [1.82, 2.24) is 9.71 Å². The minimum absolute atomic E-state index is 0.214. The molecule has 8 heteroatoms. The molecule has 3 heterocycles. The molecule has 0 saturated carbocycles. The Morgan fingerprint density at radius 3 is 2.62 bits per heavy atom. The number of rotatable bonds is 5. The van der Waals surface area contributed by atoms with E-state index in [1.165, 1.54) is 5.69 Å². The lowest BCUT2D eigenvalue weighted by Crippen LogP contribution is -2.38. The van der Waals surface area contributed by atoms with E-state index in [4.69, 9.17) is 9.47 Å². The molecule has 2 aromatic rings. The molecule has 0 unspecified atom stereocenters. The monoisotopic (exact) mass is 417 g/mol. The second-order valence-electron chi connectivity index (χ2n) is 7.60. The topological polar surface area (TPSA) is 80.8 Å². The maximum atomic E-state index is 12.7. The van der Waals surface area contributed by atoms with Gasteiger partial charge < -0.3 is 14.4 Å². The van der Waals surface area contributed by atoms with Gasteiger partial charge in [0.2, 0.25) is 10.0 Å². The van der Waals surface area contributed by atoms with Gasteiger partial charge in [-0.1, -0.05) is 0 Å². The fourth-order valence-corrected chi connectivity index (χ4v) is 4.88. The molecule has 0 amide bonds. The van der Waals surface area contributed by atoms with Crippen LogP contribution in [0.3, 0.4) is 0 Å². The number of ether oxygens (including phenoxy) is 2. The van der Waals surface area contributed by atoms with Gasteiger partial charge in [-0.3, -0.25) is 4.98 Å². The van der Waals surface area contributed by atoms with Crippen LogP contribution in [0.15, 0.2) is 41.4 Å². The van der Waals surface area contributed by atoms with E-state index < -0.39 is 10.0 Å². The van der Waals surface area contributed by atoms with Crippen molar-refractivity contribution in [2.24, 2.45) is 5.92 Å². The standard InChI is InChI=1S/C21H27N3O4S/c1-16-13-18(5-8-22-16)24-9-6-17(7-10-24)15-23-29(25,26)19-3-4-20-21(14-19)28-12-2-11-27-20/h3-5,8,13-14,17,23H,2,6-7,9-12,15H2,1H3. The summed E-state index contributed by atoms with van der Waals surface area (Å²) in [6, 6.07) is 8.92. The molecule has 0 bridgehead atoms. The van der Waals surface area contributed by atoms with E-state index in [-0.39, 0.29) is 4.90 Å². The Kier molecular flexibility index (Phi) is 5.91. The van der Waals surface area contributed by atoms with Crippen LogP contribution in [0.5, 0.6) is 11.5 Å². The number of aryl methyl sites for hydroxylation is 1. The number of anilines is 1. The molecule has 0 radical (unpaired) electrons. The SMILES string of the molecule is Cc1cc(N2CCC(CNS(=O)(=O)c3ccc4c(c3)OCCCO4)CC2)ccn1. The van der Waals surface area contributed by atoms with E-state index in [2.05, 4.69) is 20.7 Å².